The van der Waals surface area contributed by atoms with Gasteiger partial charge < -0.3 is 14.9 Å². The Morgan fingerprint density at radius 1 is 1.33 bits per heavy atom. The fourth-order valence-electron chi connectivity index (χ4n) is 1.39. The fraction of sp³-hybridized carbons (Fsp3) is 0.455. The van der Waals surface area contributed by atoms with Crippen molar-refractivity contribution in [3.8, 4) is 0 Å². The van der Waals surface area contributed by atoms with Crippen molar-refractivity contribution in [3.63, 3.8) is 0 Å². The van der Waals surface area contributed by atoms with Crippen molar-refractivity contribution in [1.29, 1.82) is 0 Å². The zero-order chi connectivity index (χ0) is 13.7. The van der Waals surface area contributed by atoms with Crippen LogP contribution in [0.3, 0.4) is 0 Å². The summed E-state index contributed by atoms with van der Waals surface area (Å²) in [5.74, 6) is -0.914. The van der Waals surface area contributed by atoms with E-state index in [0.29, 0.717) is 10.9 Å². The Labute approximate surface area is 115 Å². The van der Waals surface area contributed by atoms with E-state index in [2.05, 4.69) is 0 Å². The summed E-state index contributed by atoms with van der Waals surface area (Å²) in [6.07, 6.45) is -0.0547. The summed E-state index contributed by atoms with van der Waals surface area (Å²) in [6.45, 7) is 0.664. The lowest BCUT2D eigenvalue weighted by Crippen LogP contribution is -2.39. The highest BCUT2D eigenvalue weighted by molar-refractivity contribution is 7.16. The van der Waals surface area contributed by atoms with Crippen LogP contribution < -0.4 is 0 Å². The molecule has 0 unspecified atom stereocenters. The summed E-state index contributed by atoms with van der Waals surface area (Å²) < 4.78 is 0.685. The highest BCUT2D eigenvalue weighted by Gasteiger charge is 2.15. The molecule has 0 bridgehead atoms. The molecule has 5 nitrogen and oxygen atoms in total. The third-order valence-corrected chi connectivity index (χ3v) is 3.55. The van der Waals surface area contributed by atoms with E-state index in [1.807, 2.05) is 6.07 Å². The smallest absolute Gasteiger partial charge is 0.319 e. The molecule has 0 aromatic carbocycles. The number of carbonyl (C=O) groups excluding carboxylic acids is 1. The normalized spacial score (nSPS) is 10.2. The zero-order valence-corrected chi connectivity index (χ0v) is 11.8. The van der Waals surface area contributed by atoms with Crippen LogP contribution in [0.5, 0.6) is 0 Å². The van der Waals surface area contributed by atoms with Gasteiger partial charge in [-0.25, -0.2) is 4.79 Å². The number of hydrogen-bond donors (Lipinski definition) is 1. The van der Waals surface area contributed by atoms with Crippen LogP contribution in [0, 0.1) is 0 Å². The van der Waals surface area contributed by atoms with Crippen molar-refractivity contribution in [1.82, 2.24) is 9.80 Å². The van der Waals surface area contributed by atoms with E-state index < -0.39 is 5.97 Å². The van der Waals surface area contributed by atoms with Crippen molar-refractivity contribution in [2.75, 3.05) is 20.6 Å². The number of hydrogen-bond acceptors (Lipinski definition) is 3. The standard InChI is InChI=1S/C11H15ClN2O3S/c1-13(6-5-10(15)16)11(17)14(2)7-8-3-4-9(12)18-8/h3-4H,5-7H2,1-2H3,(H,15,16). The van der Waals surface area contributed by atoms with Crippen molar-refractivity contribution in [2.45, 2.75) is 13.0 Å². The molecular formula is C11H15ClN2O3S. The SMILES string of the molecule is CN(CCC(=O)O)C(=O)N(C)Cc1ccc(Cl)s1. The lowest BCUT2D eigenvalue weighted by Gasteiger charge is -2.24. The van der Waals surface area contributed by atoms with E-state index in [4.69, 9.17) is 16.7 Å². The summed E-state index contributed by atoms with van der Waals surface area (Å²) in [4.78, 5) is 26.2. The van der Waals surface area contributed by atoms with Crippen LogP contribution in [0.25, 0.3) is 0 Å². The minimum absolute atomic E-state index is 0.0547. The molecule has 0 saturated heterocycles. The second kappa shape index (κ2) is 6.61. The molecule has 1 aromatic rings. The molecule has 0 fully saturated rings. The molecule has 7 heteroatoms. The van der Waals surface area contributed by atoms with Crippen LogP contribution in [0.2, 0.25) is 4.34 Å². The Bertz CT molecular complexity index is 436. The van der Waals surface area contributed by atoms with Crippen LogP contribution in [0.1, 0.15) is 11.3 Å². The maximum atomic E-state index is 11.9. The average molecular weight is 291 g/mol. The highest BCUT2D eigenvalue weighted by Crippen LogP contribution is 2.22. The zero-order valence-electron chi connectivity index (χ0n) is 10.2. The number of urea groups is 1. The minimum Gasteiger partial charge on any atom is -0.481 e. The molecule has 0 atom stereocenters. The van der Waals surface area contributed by atoms with Crippen LogP contribution in [-0.2, 0) is 11.3 Å². The number of nitrogens with zero attached hydrogens (tertiary/aromatic N) is 2. The van der Waals surface area contributed by atoms with Gasteiger partial charge in [0.05, 0.1) is 17.3 Å². The van der Waals surface area contributed by atoms with Gasteiger partial charge in [-0.15, -0.1) is 11.3 Å². The third-order valence-electron chi connectivity index (χ3n) is 2.34. The van der Waals surface area contributed by atoms with Crippen molar-refractivity contribution < 1.29 is 14.7 Å². The first kappa shape index (κ1) is 14.8. The van der Waals surface area contributed by atoms with Gasteiger partial charge in [0.25, 0.3) is 0 Å². The Morgan fingerprint density at radius 3 is 2.50 bits per heavy atom. The van der Waals surface area contributed by atoms with Gasteiger partial charge >= 0.3 is 12.0 Å². The average Bonchev–Trinajstić information content (AvgIpc) is 2.70. The van der Waals surface area contributed by atoms with Gasteiger partial charge in [-0.3, -0.25) is 4.79 Å². The molecular weight excluding hydrogens is 276 g/mol. The van der Waals surface area contributed by atoms with Gasteiger partial charge in [-0.05, 0) is 12.1 Å². The quantitative estimate of drug-likeness (QED) is 0.905. The molecule has 1 heterocycles. The van der Waals surface area contributed by atoms with E-state index in [1.54, 1.807) is 20.2 Å². The number of aliphatic carboxylic acids is 1. The molecule has 2 amide bonds. The predicted molar refractivity (Wildman–Crippen MR) is 71.1 cm³/mol. The van der Waals surface area contributed by atoms with Gasteiger partial charge in [0, 0.05) is 25.5 Å². The Hall–Kier alpha value is -1.27. The molecule has 0 aliphatic carbocycles. The first-order valence-corrected chi connectivity index (χ1v) is 6.52. The summed E-state index contributed by atoms with van der Waals surface area (Å²) in [5, 5.41) is 8.56. The Balaban J connectivity index is 2.47. The second-order valence-electron chi connectivity index (χ2n) is 3.91. The summed E-state index contributed by atoms with van der Waals surface area (Å²) in [7, 11) is 3.26. The number of halogens is 1. The molecule has 0 radical (unpaired) electrons. The monoisotopic (exact) mass is 290 g/mol. The number of carboxylic acids is 1. The van der Waals surface area contributed by atoms with Gasteiger partial charge in [0.15, 0.2) is 0 Å². The molecule has 0 aliphatic rings. The van der Waals surface area contributed by atoms with Gasteiger partial charge in [0.1, 0.15) is 0 Å². The minimum atomic E-state index is -0.914. The Morgan fingerprint density at radius 2 is 2.00 bits per heavy atom. The van der Waals surface area contributed by atoms with E-state index in [0.717, 1.165) is 4.88 Å². The lowest BCUT2D eigenvalue weighted by molar-refractivity contribution is -0.137. The van der Waals surface area contributed by atoms with Crippen molar-refractivity contribution in [2.24, 2.45) is 0 Å². The topological polar surface area (TPSA) is 60.9 Å². The van der Waals surface area contributed by atoms with E-state index >= 15 is 0 Å². The number of thiophene rings is 1. The van der Waals surface area contributed by atoms with E-state index in [-0.39, 0.29) is 19.0 Å². The first-order valence-electron chi connectivity index (χ1n) is 5.32. The number of amides is 2. The van der Waals surface area contributed by atoms with Crippen molar-refractivity contribution >= 4 is 34.9 Å². The maximum absolute atomic E-state index is 11.9. The predicted octanol–water partition coefficient (Wildman–Crippen LogP) is 2.36. The molecule has 0 saturated carbocycles. The Kier molecular flexibility index (Phi) is 5.43. The van der Waals surface area contributed by atoms with Crippen LogP contribution in [0.15, 0.2) is 12.1 Å². The number of carboxylic acid groups (broad SMARTS) is 1. The van der Waals surface area contributed by atoms with Gasteiger partial charge in [0.2, 0.25) is 0 Å². The van der Waals surface area contributed by atoms with E-state index in [1.165, 1.54) is 21.1 Å². The summed E-state index contributed by atoms with van der Waals surface area (Å²) in [6, 6.07) is 3.45. The number of rotatable bonds is 5. The molecule has 0 aliphatic heterocycles. The van der Waals surface area contributed by atoms with Crippen LogP contribution in [-0.4, -0.2) is 47.5 Å². The summed E-state index contributed by atoms with van der Waals surface area (Å²) >= 11 is 7.23. The largest absolute Gasteiger partial charge is 0.481 e. The third kappa shape index (κ3) is 4.54. The maximum Gasteiger partial charge on any atom is 0.319 e. The molecule has 1 N–H and O–H groups in total. The first-order chi connectivity index (χ1) is 8.40. The van der Waals surface area contributed by atoms with Crippen LogP contribution in [0.4, 0.5) is 4.79 Å². The van der Waals surface area contributed by atoms with Crippen molar-refractivity contribution in [3.05, 3.63) is 21.3 Å². The fourth-order valence-corrected chi connectivity index (χ4v) is 2.53. The molecule has 1 aromatic heterocycles. The lowest BCUT2D eigenvalue weighted by atomic mass is 10.4. The molecule has 1 rings (SSSR count). The number of carbonyl (C=O) groups is 2. The molecule has 100 valence electrons. The van der Waals surface area contributed by atoms with Gasteiger partial charge in [-0.1, -0.05) is 11.6 Å². The highest BCUT2D eigenvalue weighted by atomic mass is 35.5. The molecule has 0 spiro atoms. The molecule has 18 heavy (non-hydrogen) atoms. The van der Waals surface area contributed by atoms with Gasteiger partial charge in [-0.2, -0.15) is 0 Å². The van der Waals surface area contributed by atoms with E-state index in [9.17, 15) is 9.59 Å². The second-order valence-corrected chi connectivity index (χ2v) is 5.71. The van der Waals surface area contributed by atoms with Crippen LogP contribution >= 0.6 is 22.9 Å². The summed E-state index contributed by atoms with van der Waals surface area (Å²) in [5.41, 5.74) is 0.